The van der Waals surface area contributed by atoms with Crippen molar-refractivity contribution < 1.29 is 9.59 Å². The maximum absolute atomic E-state index is 12.4. The Balaban J connectivity index is 1.41. The van der Waals surface area contributed by atoms with Crippen molar-refractivity contribution in [2.24, 2.45) is 0 Å². The van der Waals surface area contributed by atoms with Gasteiger partial charge in [-0.1, -0.05) is 12.1 Å². The summed E-state index contributed by atoms with van der Waals surface area (Å²) in [6, 6.07) is 13.4. The van der Waals surface area contributed by atoms with E-state index in [1.807, 2.05) is 54.3 Å². The number of thiazole rings is 1. The van der Waals surface area contributed by atoms with Crippen molar-refractivity contribution in [1.29, 1.82) is 0 Å². The zero-order valence-corrected chi connectivity index (χ0v) is 15.3. The molecule has 26 heavy (non-hydrogen) atoms. The summed E-state index contributed by atoms with van der Waals surface area (Å²) >= 11 is 1.62. The van der Waals surface area contributed by atoms with Gasteiger partial charge in [0.1, 0.15) is 0 Å². The van der Waals surface area contributed by atoms with Gasteiger partial charge >= 0.3 is 0 Å². The number of rotatable bonds is 4. The van der Waals surface area contributed by atoms with Crippen LogP contribution in [0.3, 0.4) is 0 Å². The van der Waals surface area contributed by atoms with E-state index in [1.54, 1.807) is 11.3 Å². The zero-order chi connectivity index (χ0) is 18.1. The van der Waals surface area contributed by atoms with E-state index in [1.165, 1.54) is 0 Å². The Kier molecular flexibility index (Phi) is 4.42. The number of amides is 2. The van der Waals surface area contributed by atoms with Crippen LogP contribution in [-0.2, 0) is 11.3 Å². The van der Waals surface area contributed by atoms with Crippen molar-refractivity contribution in [2.75, 3.05) is 11.4 Å². The highest BCUT2D eigenvalue weighted by Gasteiger charge is 2.21. The molecule has 6 heteroatoms. The van der Waals surface area contributed by atoms with Crippen LogP contribution >= 0.6 is 11.3 Å². The molecule has 1 saturated heterocycles. The molecule has 0 spiro atoms. The fraction of sp³-hybridized carbons (Fsp3) is 0.250. The minimum atomic E-state index is -0.114. The lowest BCUT2D eigenvalue weighted by Crippen LogP contribution is -2.24. The molecule has 2 amide bonds. The first kappa shape index (κ1) is 16.7. The average molecular weight is 365 g/mol. The third-order valence-corrected chi connectivity index (χ3v) is 5.48. The number of hydrogen-bond donors (Lipinski definition) is 1. The molecule has 1 aliphatic rings. The molecule has 1 aromatic heterocycles. The molecular formula is C20H19N3O2S. The topological polar surface area (TPSA) is 62.3 Å². The van der Waals surface area contributed by atoms with Gasteiger partial charge in [0.2, 0.25) is 5.91 Å². The fourth-order valence-electron chi connectivity index (χ4n) is 3.18. The SMILES string of the molecule is Cc1nc2cc(C(=O)NCc3ccc(N4CCCC4=O)cc3)ccc2s1. The molecule has 0 unspecified atom stereocenters. The normalized spacial score (nSPS) is 14.2. The molecular weight excluding hydrogens is 346 g/mol. The Hall–Kier alpha value is -2.73. The molecule has 0 saturated carbocycles. The number of carbonyl (C=O) groups is 2. The fourth-order valence-corrected chi connectivity index (χ4v) is 3.99. The third kappa shape index (κ3) is 3.32. The summed E-state index contributed by atoms with van der Waals surface area (Å²) in [5.74, 6) is 0.0649. The van der Waals surface area contributed by atoms with Crippen LogP contribution < -0.4 is 10.2 Å². The summed E-state index contributed by atoms with van der Waals surface area (Å²) in [5.41, 5.74) is 3.40. The molecule has 0 bridgehead atoms. The van der Waals surface area contributed by atoms with Gasteiger partial charge in [0.25, 0.3) is 5.91 Å². The molecule has 2 aromatic carbocycles. The zero-order valence-electron chi connectivity index (χ0n) is 14.5. The maximum atomic E-state index is 12.4. The van der Waals surface area contributed by atoms with E-state index in [2.05, 4.69) is 10.3 Å². The number of anilines is 1. The molecule has 132 valence electrons. The van der Waals surface area contributed by atoms with Crippen LogP contribution in [-0.4, -0.2) is 23.3 Å². The van der Waals surface area contributed by atoms with E-state index in [-0.39, 0.29) is 11.8 Å². The molecule has 0 atom stereocenters. The van der Waals surface area contributed by atoms with Crippen molar-refractivity contribution in [3.63, 3.8) is 0 Å². The van der Waals surface area contributed by atoms with Gasteiger partial charge in [-0.25, -0.2) is 4.98 Å². The lowest BCUT2D eigenvalue weighted by molar-refractivity contribution is -0.117. The summed E-state index contributed by atoms with van der Waals surface area (Å²) < 4.78 is 1.09. The van der Waals surface area contributed by atoms with Crippen molar-refractivity contribution in [2.45, 2.75) is 26.3 Å². The van der Waals surface area contributed by atoms with Crippen LogP contribution in [0.2, 0.25) is 0 Å². The van der Waals surface area contributed by atoms with Gasteiger partial charge in [-0.05, 0) is 49.2 Å². The highest BCUT2D eigenvalue weighted by atomic mass is 32.1. The van der Waals surface area contributed by atoms with Crippen LogP contribution in [0.4, 0.5) is 5.69 Å². The Bertz CT molecular complexity index is 978. The number of aryl methyl sites for hydroxylation is 1. The molecule has 5 nitrogen and oxygen atoms in total. The summed E-state index contributed by atoms with van der Waals surface area (Å²) in [5, 5.41) is 3.94. The molecule has 3 aromatic rings. The third-order valence-electron chi connectivity index (χ3n) is 4.53. The van der Waals surface area contributed by atoms with E-state index >= 15 is 0 Å². The van der Waals surface area contributed by atoms with Gasteiger partial charge in [0.05, 0.1) is 15.2 Å². The molecule has 4 rings (SSSR count). The number of fused-ring (bicyclic) bond motifs is 1. The summed E-state index contributed by atoms with van der Waals surface area (Å²) in [7, 11) is 0. The van der Waals surface area contributed by atoms with Crippen molar-refractivity contribution in [1.82, 2.24) is 10.3 Å². The average Bonchev–Trinajstić information content (AvgIpc) is 3.23. The van der Waals surface area contributed by atoms with Crippen LogP contribution in [0.15, 0.2) is 42.5 Å². The first-order valence-corrected chi connectivity index (χ1v) is 9.46. The first-order valence-electron chi connectivity index (χ1n) is 8.65. The second-order valence-electron chi connectivity index (χ2n) is 6.41. The summed E-state index contributed by atoms with van der Waals surface area (Å²) in [6.07, 6.45) is 1.54. The number of carbonyl (C=O) groups excluding carboxylic acids is 2. The second-order valence-corrected chi connectivity index (χ2v) is 7.65. The molecule has 0 radical (unpaired) electrons. The summed E-state index contributed by atoms with van der Waals surface area (Å²) in [6.45, 7) is 3.19. The standard InChI is InChI=1S/C20H19N3O2S/c1-13-22-17-11-15(6-9-18(17)26-13)20(25)21-12-14-4-7-16(8-5-14)23-10-2-3-19(23)24/h4-9,11H,2-3,10,12H2,1H3,(H,21,25). The highest BCUT2D eigenvalue weighted by molar-refractivity contribution is 7.18. The van der Waals surface area contributed by atoms with E-state index in [0.29, 0.717) is 18.5 Å². The Morgan fingerprint density at radius 2 is 2.04 bits per heavy atom. The highest BCUT2D eigenvalue weighted by Crippen LogP contribution is 2.23. The van der Waals surface area contributed by atoms with Crippen molar-refractivity contribution in [3.8, 4) is 0 Å². The minimum absolute atomic E-state index is 0.114. The van der Waals surface area contributed by atoms with E-state index in [9.17, 15) is 9.59 Å². The van der Waals surface area contributed by atoms with Crippen LogP contribution in [0.1, 0.15) is 33.8 Å². The number of aromatic nitrogens is 1. The first-order chi connectivity index (χ1) is 12.6. The number of nitrogens with one attached hydrogen (secondary N) is 1. The predicted molar refractivity (Wildman–Crippen MR) is 104 cm³/mol. The Morgan fingerprint density at radius 3 is 2.77 bits per heavy atom. The van der Waals surface area contributed by atoms with Gasteiger partial charge in [-0.15, -0.1) is 11.3 Å². The maximum Gasteiger partial charge on any atom is 0.251 e. The molecule has 2 heterocycles. The lowest BCUT2D eigenvalue weighted by Gasteiger charge is -2.16. The molecule has 1 fully saturated rings. The molecule has 1 aliphatic heterocycles. The predicted octanol–water partition coefficient (Wildman–Crippen LogP) is 3.66. The number of hydrogen-bond acceptors (Lipinski definition) is 4. The van der Waals surface area contributed by atoms with Crippen LogP contribution in [0.5, 0.6) is 0 Å². The second kappa shape index (κ2) is 6.88. The number of nitrogens with zero attached hydrogens (tertiary/aromatic N) is 2. The number of benzene rings is 2. The molecule has 0 aliphatic carbocycles. The van der Waals surface area contributed by atoms with Crippen LogP contribution in [0.25, 0.3) is 10.2 Å². The van der Waals surface area contributed by atoms with Crippen molar-refractivity contribution >= 4 is 39.1 Å². The van der Waals surface area contributed by atoms with Gasteiger partial charge < -0.3 is 10.2 Å². The van der Waals surface area contributed by atoms with Crippen molar-refractivity contribution in [3.05, 3.63) is 58.6 Å². The van der Waals surface area contributed by atoms with Crippen LogP contribution in [0, 0.1) is 6.92 Å². The van der Waals surface area contributed by atoms with Gasteiger partial charge in [0, 0.05) is 30.8 Å². The quantitative estimate of drug-likeness (QED) is 0.767. The van der Waals surface area contributed by atoms with E-state index in [4.69, 9.17) is 0 Å². The Morgan fingerprint density at radius 1 is 1.23 bits per heavy atom. The molecule has 1 N–H and O–H groups in total. The van der Waals surface area contributed by atoms with Gasteiger partial charge in [-0.2, -0.15) is 0 Å². The van der Waals surface area contributed by atoms with E-state index in [0.717, 1.165) is 39.4 Å². The van der Waals surface area contributed by atoms with Gasteiger partial charge in [0.15, 0.2) is 0 Å². The minimum Gasteiger partial charge on any atom is -0.348 e. The smallest absolute Gasteiger partial charge is 0.251 e. The van der Waals surface area contributed by atoms with E-state index < -0.39 is 0 Å². The summed E-state index contributed by atoms with van der Waals surface area (Å²) in [4.78, 5) is 30.4. The largest absolute Gasteiger partial charge is 0.348 e. The van der Waals surface area contributed by atoms with Gasteiger partial charge in [-0.3, -0.25) is 9.59 Å². The Labute approximate surface area is 155 Å². The lowest BCUT2D eigenvalue weighted by atomic mass is 10.1. The monoisotopic (exact) mass is 365 g/mol.